The first-order chi connectivity index (χ1) is 13.1. The molecular formula is C23H30BO4. The molecule has 1 fully saturated rings. The molecule has 0 heterocycles. The summed E-state index contributed by atoms with van der Waals surface area (Å²) in [6.45, 7) is 7.25. The molecule has 0 amide bonds. The Hall–Kier alpha value is -1.85. The van der Waals surface area contributed by atoms with E-state index in [1.807, 2.05) is 13.8 Å². The number of allylic oxidation sites excluding steroid dienone is 4. The van der Waals surface area contributed by atoms with Crippen molar-refractivity contribution < 1.29 is 19.3 Å². The Morgan fingerprint density at radius 2 is 1.82 bits per heavy atom. The van der Waals surface area contributed by atoms with Crippen molar-refractivity contribution >= 4 is 13.5 Å². The second-order valence-electron chi connectivity index (χ2n) is 8.91. The summed E-state index contributed by atoms with van der Waals surface area (Å²) in [6, 6.07) is 8.36. The van der Waals surface area contributed by atoms with Crippen molar-refractivity contribution in [2.24, 2.45) is 0 Å². The van der Waals surface area contributed by atoms with E-state index >= 15 is 0 Å². The number of methoxy groups -OCH3 is 1. The fourth-order valence-corrected chi connectivity index (χ4v) is 3.31. The van der Waals surface area contributed by atoms with Crippen LogP contribution in [0, 0.1) is 0 Å². The maximum atomic E-state index is 12.0. The SMILES string of the molecule is COC(=O)C1(c2ccc(C3C=CC([B]OC(C)(C)C(C)(C)O)=CC3)cc2)CC1. The predicted octanol–water partition coefficient (Wildman–Crippen LogP) is 4.00. The van der Waals surface area contributed by atoms with Gasteiger partial charge >= 0.3 is 13.5 Å². The second kappa shape index (κ2) is 7.53. The van der Waals surface area contributed by atoms with Gasteiger partial charge in [0.15, 0.2) is 0 Å². The average Bonchev–Trinajstić information content (AvgIpc) is 3.47. The van der Waals surface area contributed by atoms with Crippen LogP contribution in [0.2, 0.25) is 0 Å². The highest BCUT2D eigenvalue weighted by Gasteiger charge is 2.52. The molecule has 0 bridgehead atoms. The number of rotatable bonds is 7. The fraction of sp³-hybridized carbons (Fsp3) is 0.522. The summed E-state index contributed by atoms with van der Waals surface area (Å²) in [4.78, 5) is 12.0. The van der Waals surface area contributed by atoms with Crippen molar-refractivity contribution in [3.8, 4) is 0 Å². The van der Waals surface area contributed by atoms with E-state index < -0.39 is 16.6 Å². The standard InChI is InChI=1S/C23H30BO4/c1-21(2,26)22(3,4)28-24-19-12-8-17(9-13-19)16-6-10-18(11-7-16)23(14-15-23)20(25)27-5/h6-8,10-13,17,26H,9,14-15H2,1-5H3. The van der Waals surface area contributed by atoms with Crippen LogP contribution < -0.4 is 0 Å². The third-order valence-electron chi connectivity index (χ3n) is 6.31. The number of esters is 1. The van der Waals surface area contributed by atoms with Crippen molar-refractivity contribution in [3.05, 3.63) is 59.1 Å². The van der Waals surface area contributed by atoms with Gasteiger partial charge in [0.1, 0.15) is 0 Å². The van der Waals surface area contributed by atoms with Gasteiger partial charge in [-0.2, -0.15) is 0 Å². The molecule has 4 nitrogen and oxygen atoms in total. The van der Waals surface area contributed by atoms with Crippen LogP contribution in [-0.2, 0) is 19.6 Å². The van der Waals surface area contributed by atoms with E-state index in [9.17, 15) is 9.90 Å². The Morgan fingerprint density at radius 3 is 2.29 bits per heavy atom. The van der Waals surface area contributed by atoms with Gasteiger partial charge in [-0.25, -0.2) is 0 Å². The van der Waals surface area contributed by atoms with E-state index in [2.05, 4.69) is 42.5 Å². The number of carbonyl (C=O) groups excluding carboxylic acids is 1. The van der Waals surface area contributed by atoms with Crippen LogP contribution in [0.3, 0.4) is 0 Å². The first-order valence-electron chi connectivity index (χ1n) is 9.90. The Labute approximate surface area is 168 Å². The number of hydrogen-bond donors (Lipinski definition) is 1. The van der Waals surface area contributed by atoms with E-state index in [0.717, 1.165) is 30.3 Å². The molecule has 2 aliphatic carbocycles. The lowest BCUT2D eigenvalue weighted by atomic mass is 9.77. The highest BCUT2D eigenvalue weighted by atomic mass is 16.5. The number of hydrogen-bond acceptors (Lipinski definition) is 4. The van der Waals surface area contributed by atoms with Gasteiger partial charge in [0, 0.05) is 5.92 Å². The molecule has 1 radical (unpaired) electrons. The Morgan fingerprint density at radius 1 is 1.18 bits per heavy atom. The Balaban J connectivity index is 1.59. The minimum absolute atomic E-state index is 0.130. The number of aliphatic hydroxyl groups is 1. The number of benzene rings is 1. The van der Waals surface area contributed by atoms with Crippen molar-refractivity contribution in [2.45, 2.75) is 69.5 Å². The summed E-state index contributed by atoms with van der Waals surface area (Å²) < 4.78 is 10.8. The molecule has 1 aromatic rings. The van der Waals surface area contributed by atoms with E-state index in [4.69, 9.17) is 9.39 Å². The maximum Gasteiger partial charge on any atom is 0.330 e. The molecule has 0 aromatic heterocycles. The molecule has 1 saturated carbocycles. The molecule has 149 valence electrons. The summed E-state index contributed by atoms with van der Waals surface area (Å²) in [5.41, 5.74) is 1.27. The molecular weight excluding hydrogens is 351 g/mol. The summed E-state index contributed by atoms with van der Waals surface area (Å²) in [7, 11) is 3.18. The molecule has 1 N–H and O–H groups in total. The summed E-state index contributed by atoms with van der Waals surface area (Å²) >= 11 is 0. The average molecular weight is 381 g/mol. The third kappa shape index (κ3) is 4.11. The van der Waals surface area contributed by atoms with Crippen LogP contribution in [0.1, 0.15) is 64.0 Å². The van der Waals surface area contributed by atoms with Crippen molar-refractivity contribution in [3.63, 3.8) is 0 Å². The van der Waals surface area contributed by atoms with Crippen LogP contribution in [0.4, 0.5) is 0 Å². The third-order valence-corrected chi connectivity index (χ3v) is 6.31. The normalized spacial score (nSPS) is 21.1. The van der Waals surface area contributed by atoms with E-state index in [1.165, 1.54) is 12.7 Å². The van der Waals surface area contributed by atoms with Gasteiger partial charge in [-0.15, -0.1) is 0 Å². The van der Waals surface area contributed by atoms with Crippen molar-refractivity contribution in [1.82, 2.24) is 0 Å². The fourth-order valence-electron chi connectivity index (χ4n) is 3.31. The maximum absolute atomic E-state index is 12.0. The summed E-state index contributed by atoms with van der Waals surface area (Å²) in [5.74, 6) is 0.177. The molecule has 2 aliphatic rings. The van der Waals surface area contributed by atoms with Gasteiger partial charge < -0.3 is 14.5 Å². The predicted molar refractivity (Wildman–Crippen MR) is 111 cm³/mol. The monoisotopic (exact) mass is 381 g/mol. The van der Waals surface area contributed by atoms with Crippen LogP contribution >= 0.6 is 0 Å². The highest BCUT2D eigenvalue weighted by Crippen LogP contribution is 2.49. The molecule has 0 saturated heterocycles. The van der Waals surface area contributed by atoms with Gasteiger partial charge in [0.25, 0.3) is 0 Å². The second-order valence-corrected chi connectivity index (χ2v) is 8.91. The lowest BCUT2D eigenvalue weighted by Gasteiger charge is -2.37. The smallest absolute Gasteiger partial charge is 0.330 e. The first-order valence-corrected chi connectivity index (χ1v) is 9.90. The van der Waals surface area contributed by atoms with Gasteiger partial charge in [-0.1, -0.05) is 48.0 Å². The quantitative estimate of drug-likeness (QED) is 0.573. The summed E-state index contributed by atoms with van der Waals surface area (Å²) in [5, 5.41) is 10.2. The Kier molecular flexibility index (Phi) is 5.61. The molecule has 5 heteroatoms. The number of carbonyl (C=O) groups is 1. The van der Waals surface area contributed by atoms with Crippen molar-refractivity contribution in [2.75, 3.05) is 7.11 Å². The Bertz CT molecular complexity index is 780. The lowest BCUT2D eigenvalue weighted by Crippen LogP contribution is -2.48. The molecule has 0 aliphatic heterocycles. The minimum atomic E-state index is -0.935. The van der Waals surface area contributed by atoms with Gasteiger partial charge in [0.05, 0.1) is 23.7 Å². The molecule has 1 unspecified atom stereocenters. The molecule has 3 rings (SSSR count). The molecule has 1 aromatic carbocycles. The largest absolute Gasteiger partial charge is 0.468 e. The van der Waals surface area contributed by atoms with Crippen LogP contribution in [0.5, 0.6) is 0 Å². The first kappa shape index (κ1) is 20.9. The van der Waals surface area contributed by atoms with Gasteiger partial charge in [0.2, 0.25) is 0 Å². The van der Waals surface area contributed by atoms with Crippen LogP contribution in [0.25, 0.3) is 0 Å². The van der Waals surface area contributed by atoms with Gasteiger partial charge in [-0.3, -0.25) is 4.79 Å². The molecule has 0 spiro atoms. The molecule has 28 heavy (non-hydrogen) atoms. The van der Waals surface area contributed by atoms with Crippen LogP contribution in [0.15, 0.2) is 48.0 Å². The van der Waals surface area contributed by atoms with Gasteiger partial charge in [-0.05, 0) is 58.1 Å². The van der Waals surface area contributed by atoms with Crippen molar-refractivity contribution in [1.29, 1.82) is 0 Å². The lowest BCUT2D eigenvalue weighted by molar-refractivity contribution is -0.143. The topological polar surface area (TPSA) is 55.8 Å². The zero-order chi connectivity index (χ0) is 20.6. The number of ether oxygens (including phenoxy) is 1. The highest BCUT2D eigenvalue weighted by molar-refractivity contribution is 6.39. The minimum Gasteiger partial charge on any atom is -0.468 e. The zero-order valence-corrected chi connectivity index (χ0v) is 17.5. The van der Waals surface area contributed by atoms with Crippen LogP contribution in [-0.4, -0.2) is 36.9 Å². The zero-order valence-electron chi connectivity index (χ0n) is 17.5. The molecule has 1 atom stereocenters. The summed E-state index contributed by atoms with van der Waals surface area (Å²) in [6.07, 6.45) is 9.00. The van der Waals surface area contributed by atoms with E-state index in [0.29, 0.717) is 5.92 Å². The van der Waals surface area contributed by atoms with E-state index in [-0.39, 0.29) is 5.97 Å². The van der Waals surface area contributed by atoms with E-state index in [1.54, 1.807) is 21.3 Å².